The van der Waals surface area contributed by atoms with Gasteiger partial charge in [-0.05, 0) is 90.1 Å². The molecule has 0 amide bonds. The lowest BCUT2D eigenvalue weighted by molar-refractivity contribution is 0.585. The Bertz CT molecular complexity index is 1240. The van der Waals surface area contributed by atoms with Gasteiger partial charge < -0.3 is 4.57 Å². The molecular formula is C28H39N3. The fourth-order valence-corrected chi connectivity index (χ4v) is 4.59. The van der Waals surface area contributed by atoms with E-state index in [0.717, 1.165) is 0 Å². The zero-order valence-electron chi connectivity index (χ0n) is 21.3. The monoisotopic (exact) mass is 417 g/mol. The number of hydrogen-bond acceptors (Lipinski definition) is 1. The molecular weight excluding hydrogens is 378 g/mol. The maximum Gasteiger partial charge on any atom is 0.0693 e. The van der Waals surface area contributed by atoms with Crippen molar-refractivity contribution in [2.45, 2.75) is 80.1 Å². The Morgan fingerprint density at radius 3 is 1.81 bits per heavy atom. The van der Waals surface area contributed by atoms with Crippen molar-refractivity contribution < 1.29 is 0 Å². The Morgan fingerprint density at radius 2 is 1.23 bits per heavy atom. The summed E-state index contributed by atoms with van der Waals surface area (Å²) in [5.41, 5.74) is 11.1. The normalized spacial score (nSPS) is 12.4. The third-order valence-electron chi connectivity index (χ3n) is 6.20. The molecule has 0 radical (unpaired) electrons. The predicted octanol–water partition coefficient (Wildman–Crippen LogP) is 7.34. The van der Waals surface area contributed by atoms with Crippen LogP contribution in [0.5, 0.6) is 0 Å². The standard InChI is InChI=1S/C15H21N.C13H18N2/c1-10-7-14-12(11(2)9-16(14)6)8-13(10)15(3,4)5;1-9-7-14-15-8-10(2)11(6-12(9)15)13(3,4)5/h7-9H,1-6H3;6-8H,1-5H3. The average molecular weight is 418 g/mol. The molecule has 4 rings (SSSR count). The van der Waals surface area contributed by atoms with E-state index in [0.29, 0.717) is 0 Å². The molecule has 166 valence electrons. The molecule has 0 aliphatic carbocycles. The van der Waals surface area contributed by atoms with Crippen LogP contribution in [0.3, 0.4) is 0 Å². The van der Waals surface area contributed by atoms with Crippen molar-refractivity contribution in [1.82, 2.24) is 14.2 Å². The Morgan fingerprint density at radius 1 is 0.645 bits per heavy atom. The van der Waals surface area contributed by atoms with Gasteiger partial charge in [-0.2, -0.15) is 5.10 Å². The van der Waals surface area contributed by atoms with Crippen LogP contribution in [0, 0.1) is 27.7 Å². The predicted molar refractivity (Wildman–Crippen MR) is 134 cm³/mol. The average Bonchev–Trinajstić information content (AvgIpc) is 3.12. The highest BCUT2D eigenvalue weighted by Crippen LogP contribution is 2.31. The van der Waals surface area contributed by atoms with E-state index < -0.39 is 0 Å². The highest BCUT2D eigenvalue weighted by molar-refractivity contribution is 5.85. The summed E-state index contributed by atoms with van der Waals surface area (Å²) < 4.78 is 4.17. The first-order chi connectivity index (χ1) is 14.2. The van der Waals surface area contributed by atoms with E-state index in [2.05, 4.69) is 117 Å². The molecule has 0 saturated heterocycles. The highest BCUT2D eigenvalue weighted by atomic mass is 15.2. The van der Waals surface area contributed by atoms with Crippen LogP contribution >= 0.6 is 0 Å². The van der Waals surface area contributed by atoms with Crippen LogP contribution in [0.15, 0.2) is 36.8 Å². The minimum absolute atomic E-state index is 0.197. The maximum absolute atomic E-state index is 4.32. The zero-order valence-corrected chi connectivity index (χ0v) is 21.3. The summed E-state index contributed by atoms with van der Waals surface area (Å²) in [5, 5.41) is 5.71. The summed E-state index contributed by atoms with van der Waals surface area (Å²) in [5.74, 6) is 0. The third-order valence-corrected chi connectivity index (χ3v) is 6.20. The van der Waals surface area contributed by atoms with Gasteiger partial charge in [0.2, 0.25) is 0 Å². The molecule has 0 fully saturated rings. The van der Waals surface area contributed by atoms with Gasteiger partial charge in [0.25, 0.3) is 0 Å². The lowest BCUT2D eigenvalue weighted by Gasteiger charge is -2.22. The number of nitrogens with zero attached hydrogens (tertiary/aromatic N) is 3. The van der Waals surface area contributed by atoms with Crippen molar-refractivity contribution in [3.63, 3.8) is 0 Å². The molecule has 31 heavy (non-hydrogen) atoms. The van der Waals surface area contributed by atoms with Crippen LogP contribution in [0.2, 0.25) is 0 Å². The molecule has 3 heterocycles. The molecule has 0 saturated carbocycles. The number of hydrogen-bond donors (Lipinski definition) is 0. The van der Waals surface area contributed by atoms with E-state index in [4.69, 9.17) is 0 Å². The van der Waals surface area contributed by atoms with Crippen LogP contribution in [-0.2, 0) is 17.9 Å². The minimum Gasteiger partial charge on any atom is -0.350 e. The quantitative estimate of drug-likeness (QED) is 0.293. The molecule has 3 nitrogen and oxygen atoms in total. The first kappa shape index (κ1) is 23.1. The van der Waals surface area contributed by atoms with Gasteiger partial charge in [-0.3, -0.25) is 0 Å². The van der Waals surface area contributed by atoms with E-state index in [9.17, 15) is 0 Å². The van der Waals surface area contributed by atoms with Gasteiger partial charge in [-0.25, -0.2) is 4.52 Å². The summed E-state index contributed by atoms with van der Waals surface area (Å²) in [4.78, 5) is 0. The van der Waals surface area contributed by atoms with Crippen LogP contribution in [0.1, 0.15) is 74.9 Å². The van der Waals surface area contributed by atoms with Crippen molar-refractivity contribution in [1.29, 1.82) is 0 Å². The van der Waals surface area contributed by atoms with E-state index in [1.807, 2.05) is 10.7 Å². The number of fused-ring (bicyclic) bond motifs is 2. The smallest absolute Gasteiger partial charge is 0.0693 e. The van der Waals surface area contributed by atoms with Gasteiger partial charge in [0.1, 0.15) is 0 Å². The van der Waals surface area contributed by atoms with Crippen molar-refractivity contribution in [2.75, 3.05) is 0 Å². The molecule has 0 aliphatic rings. The Kier molecular flexibility index (Phi) is 5.86. The molecule has 0 spiro atoms. The van der Waals surface area contributed by atoms with Gasteiger partial charge in [0, 0.05) is 30.3 Å². The van der Waals surface area contributed by atoms with E-state index >= 15 is 0 Å². The molecule has 0 N–H and O–H groups in total. The Hall–Kier alpha value is -2.55. The van der Waals surface area contributed by atoms with Gasteiger partial charge in [-0.1, -0.05) is 41.5 Å². The van der Waals surface area contributed by atoms with E-state index in [1.54, 1.807) is 0 Å². The number of benzene rings is 1. The molecule has 3 heteroatoms. The molecule has 0 atom stereocenters. The largest absolute Gasteiger partial charge is 0.350 e. The second-order valence-corrected chi connectivity index (χ2v) is 11.1. The SMILES string of the molecule is Cc1cc2c(cc1C(C)(C)C)c(C)cn2C.Cc1cn2ncc(C)c2cc1C(C)(C)C. The first-order valence-electron chi connectivity index (χ1n) is 11.2. The second kappa shape index (κ2) is 7.85. The van der Waals surface area contributed by atoms with Gasteiger partial charge in [0.15, 0.2) is 0 Å². The molecule has 0 unspecified atom stereocenters. The highest BCUT2D eigenvalue weighted by Gasteiger charge is 2.19. The molecule has 0 aliphatic heterocycles. The lowest BCUT2D eigenvalue weighted by Crippen LogP contribution is -2.13. The minimum atomic E-state index is 0.197. The summed E-state index contributed by atoms with van der Waals surface area (Å²) in [6.45, 7) is 22.2. The lowest BCUT2D eigenvalue weighted by atomic mass is 9.83. The number of aryl methyl sites for hydroxylation is 5. The second-order valence-electron chi connectivity index (χ2n) is 11.1. The fourth-order valence-electron chi connectivity index (χ4n) is 4.59. The zero-order chi connectivity index (χ0) is 23.3. The first-order valence-corrected chi connectivity index (χ1v) is 11.2. The van der Waals surface area contributed by atoms with E-state index in [1.165, 1.54) is 49.8 Å². The summed E-state index contributed by atoms with van der Waals surface area (Å²) in [7, 11) is 2.12. The number of pyridine rings is 1. The Labute approximate surface area is 188 Å². The summed E-state index contributed by atoms with van der Waals surface area (Å²) in [6, 6.07) is 6.93. The van der Waals surface area contributed by atoms with Crippen LogP contribution in [0.25, 0.3) is 16.4 Å². The third kappa shape index (κ3) is 4.56. The summed E-state index contributed by atoms with van der Waals surface area (Å²) in [6.07, 6.45) is 6.24. The van der Waals surface area contributed by atoms with Crippen molar-refractivity contribution >= 4 is 16.4 Å². The van der Waals surface area contributed by atoms with Crippen LogP contribution in [0.4, 0.5) is 0 Å². The molecule has 0 bridgehead atoms. The summed E-state index contributed by atoms with van der Waals surface area (Å²) >= 11 is 0. The molecule has 4 aromatic rings. The fraction of sp³-hybridized carbons (Fsp3) is 0.464. The maximum atomic E-state index is 4.32. The van der Waals surface area contributed by atoms with Gasteiger partial charge in [-0.15, -0.1) is 0 Å². The number of rotatable bonds is 0. The molecule has 1 aromatic carbocycles. The van der Waals surface area contributed by atoms with Crippen molar-refractivity contribution in [2.24, 2.45) is 7.05 Å². The van der Waals surface area contributed by atoms with Crippen molar-refractivity contribution in [3.8, 4) is 0 Å². The van der Waals surface area contributed by atoms with Crippen LogP contribution in [-0.4, -0.2) is 14.2 Å². The van der Waals surface area contributed by atoms with Gasteiger partial charge in [0.05, 0.1) is 11.7 Å². The topological polar surface area (TPSA) is 22.2 Å². The van der Waals surface area contributed by atoms with Crippen LogP contribution < -0.4 is 0 Å². The van der Waals surface area contributed by atoms with Crippen molar-refractivity contribution in [3.05, 3.63) is 70.2 Å². The molecule has 3 aromatic heterocycles. The Balaban J connectivity index is 0.000000176. The van der Waals surface area contributed by atoms with E-state index in [-0.39, 0.29) is 10.8 Å². The van der Waals surface area contributed by atoms with Gasteiger partial charge >= 0.3 is 0 Å². The number of aromatic nitrogens is 3.